The van der Waals surface area contributed by atoms with Crippen molar-refractivity contribution in [1.82, 2.24) is 5.32 Å². The van der Waals surface area contributed by atoms with Gasteiger partial charge in [0, 0.05) is 0 Å². The summed E-state index contributed by atoms with van der Waals surface area (Å²) in [5.74, 6) is -0.199. The van der Waals surface area contributed by atoms with Gasteiger partial charge in [-0.3, -0.25) is 4.79 Å². The minimum Gasteiger partial charge on any atom is -0.497 e. The summed E-state index contributed by atoms with van der Waals surface area (Å²) in [5.41, 5.74) is 2.19. The van der Waals surface area contributed by atoms with Gasteiger partial charge in [0.2, 0.25) is 5.91 Å². The Hall–Kier alpha value is -3.02. The van der Waals surface area contributed by atoms with Crippen LogP contribution in [0.3, 0.4) is 0 Å². The molecule has 2 rings (SSSR count). The number of ether oxygens (including phenoxy) is 2. The fourth-order valence-electron chi connectivity index (χ4n) is 2.46. The zero-order valence-electron chi connectivity index (χ0n) is 14.4. The molecule has 0 bridgehead atoms. The van der Waals surface area contributed by atoms with E-state index in [1.54, 1.807) is 37.4 Å². The number of carbonyl (C=O) groups is 2. The number of carbonyl (C=O) groups excluding carboxylic acids is 1. The van der Waals surface area contributed by atoms with E-state index >= 15 is 0 Å². The van der Waals surface area contributed by atoms with Crippen molar-refractivity contribution in [3.63, 3.8) is 0 Å². The molecule has 2 aromatic rings. The second kappa shape index (κ2) is 8.19. The Bertz CT molecular complexity index is 755. The molecular formula is C19H21NO5. The van der Waals surface area contributed by atoms with E-state index in [1.807, 2.05) is 19.1 Å². The number of aryl methyl sites for hydroxylation is 1. The molecule has 1 unspecified atom stereocenters. The van der Waals surface area contributed by atoms with Crippen LogP contribution in [0.15, 0.2) is 42.5 Å². The van der Waals surface area contributed by atoms with E-state index in [2.05, 4.69) is 5.32 Å². The van der Waals surface area contributed by atoms with Gasteiger partial charge in [-0.2, -0.15) is 0 Å². The minimum absolute atomic E-state index is 0.0660. The van der Waals surface area contributed by atoms with Crippen LogP contribution >= 0.6 is 0 Å². The third kappa shape index (κ3) is 4.73. The molecule has 0 fully saturated rings. The monoisotopic (exact) mass is 343 g/mol. The van der Waals surface area contributed by atoms with E-state index < -0.39 is 12.0 Å². The van der Waals surface area contributed by atoms with Crippen LogP contribution in [0.4, 0.5) is 0 Å². The van der Waals surface area contributed by atoms with Crippen molar-refractivity contribution >= 4 is 11.9 Å². The van der Waals surface area contributed by atoms with Gasteiger partial charge < -0.3 is 19.9 Å². The zero-order valence-corrected chi connectivity index (χ0v) is 14.4. The first-order valence-corrected chi connectivity index (χ1v) is 7.74. The van der Waals surface area contributed by atoms with E-state index in [0.717, 1.165) is 11.1 Å². The van der Waals surface area contributed by atoms with Crippen molar-refractivity contribution in [1.29, 1.82) is 0 Å². The number of nitrogens with one attached hydrogen (secondary N) is 1. The molecule has 2 aromatic carbocycles. The molecule has 0 radical (unpaired) electrons. The normalized spacial score (nSPS) is 11.5. The second-order valence-electron chi connectivity index (χ2n) is 5.59. The summed E-state index contributed by atoms with van der Waals surface area (Å²) in [6, 6.07) is 10.9. The summed E-state index contributed by atoms with van der Waals surface area (Å²) in [5, 5.41) is 12.0. The molecule has 0 aromatic heterocycles. The van der Waals surface area contributed by atoms with Gasteiger partial charge in [-0.1, -0.05) is 24.3 Å². The highest BCUT2D eigenvalue weighted by Gasteiger charge is 2.22. The van der Waals surface area contributed by atoms with Crippen LogP contribution in [0.25, 0.3) is 0 Å². The predicted octanol–water partition coefficient (Wildman–Crippen LogP) is 2.50. The second-order valence-corrected chi connectivity index (χ2v) is 5.59. The first-order chi connectivity index (χ1) is 11.9. The highest BCUT2D eigenvalue weighted by Crippen LogP contribution is 2.21. The summed E-state index contributed by atoms with van der Waals surface area (Å²) in [7, 11) is 3.09. The maximum absolute atomic E-state index is 12.3. The van der Waals surface area contributed by atoms with Crippen molar-refractivity contribution in [2.75, 3.05) is 14.2 Å². The number of carboxylic acid groups (broad SMARTS) is 1. The van der Waals surface area contributed by atoms with Gasteiger partial charge in [-0.25, -0.2) is 4.79 Å². The van der Waals surface area contributed by atoms with Crippen LogP contribution < -0.4 is 14.8 Å². The summed E-state index contributed by atoms with van der Waals surface area (Å²) in [6.45, 7) is 1.91. The lowest BCUT2D eigenvalue weighted by Crippen LogP contribution is -2.34. The van der Waals surface area contributed by atoms with Crippen LogP contribution in [0, 0.1) is 6.92 Å². The molecule has 0 aliphatic rings. The molecule has 1 atom stereocenters. The average molecular weight is 343 g/mol. The fraction of sp³-hybridized carbons (Fsp3) is 0.263. The van der Waals surface area contributed by atoms with E-state index in [0.29, 0.717) is 17.1 Å². The topological polar surface area (TPSA) is 84.9 Å². The minimum atomic E-state index is -1.12. The third-order valence-corrected chi connectivity index (χ3v) is 3.84. The molecule has 132 valence electrons. The number of carboxylic acids is 1. The van der Waals surface area contributed by atoms with Crippen molar-refractivity contribution in [3.8, 4) is 11.5 Å². The Labute approximate surface area is 146 Å². The number of benzene rings is 2. The quantitative estimate of drug-likeness (QED) is 0.807. The van der Waals surface area contributed by atoms with Gasteiger partial charge >= 0.3 is 5.97 Å². The number of hydrogen-bond donors (Lipinski definition) is 2. The number of rotatable bonds is 7. The van der Waals surface area contributed by atoms with Crippen molar-refractivity contribution < 1.29 is 24.2 Å². The lowest BCUT2D eigenvalue weighted by molar-refractivity contribution is -0.141. The lowest BCUT2D eigenvalue weighted by Gasteiger charge is -2.16. The first kappa shape index (κ1) is 18.3. The highest BCUT2D eigenvalue weighted by molar-refractivity contribution is 5.85. The molecule has 0 aliphatic carbocycles. The van der Waals surface area contributed by atoms with Crippen LogP contribution in [-0.4, -0.2) is 31.2 Å². The van der Waals surface area contributed by atoms with Gasteiger partial charge in [0.05, 0.1) is 20.6 Å². The van der Waals surface area contributed by atoms with Crippen LogP contribution in [0.1, 0.15) is 22.7 Å². The Morgan fingerprint density at radius 3 is 2.32 bits per heavy atom. The van der Waals surface area contributed by atoms with E-state index in [1.165, 1.54) is 7.11 Å². The average Bonchev–Trinajstić information content (AvgIpc) is 2.61. The Morgan fingerprint density at radius 2 is 1.76 bits per heavy atom. The summed E-state index contributed by atoms with van der Waals surface area (Å²) in [4.78, 5) is 23.8. The first-order valence-electron chi connectivity index (χ1n) is 7.74. The van der Waals surface area contributed by atoms with Gasteiger partial charge in [-0.05, 0) is 41.8 Å². The predicted molar refractivity (Wildman–Crippen MR) is 92.9 cm³/mol. The molecule has 0 aliphatic heterocycles. The number of aliphatic carboxylic acids is 1. The van der Waals surface area contributed by atoms with Crippen LogP contribution in [-0.2, 0) is 16.0 Å². The molecule has 0 spiro atoms. The molecule has 6 heteroatoms. The molecule has 2 N–H and O–H groups in total. The standard InChI is InChI=1S/C19H21NO5/c1-12-4-5-13(10-16(12)25-3)11-17(21)20-18(19(22)23)14-6-8-15(24-2)9-7-14/h4-10,18H,11H2,1-3H3,(H,20,21)(H,22,23). The summed E-state index contributed by atoms with van der Waals surface area (Å²) >= 11 is 0. The van der Waals surface area contributed by atoms with Crippen LogP contribution in [0.2, 0.25) is 0 Å². The molecule has 1 amide bonds. The largest absolute Gasteiger partial charge is 0.497 e. The van der Waals surface area contributed by atoms with Gasteiger partial charge in [0.25, 0.3) is 0 Å². The highest BCUT2D eigenvalue weighted by atomic mass is 16.5. The number of amides is 1. The van der Waals surface area contributed by atoms with E-state index in [4.69, 9.17) is 9.47 Å². The Morgan fingerprint density at radius 1 is 1.08 bits per heavy atom. The summed E-state index contributed by atoms with van der Waals surface area (Å²) < 4.78 is 10.3. The maximum atomic E-state index is 12.3. The van der Waals surface area contributed by atoms with Gasteiger partial charge in [0.1, 0.15) is 11.5 Å². The van der Waals surface area contributed by atoms with Gasteiger partial charge in [0.15, 0.2) is 6.04 Å². The zero-order chi connectivity index (χ0) is 18.4. The number of methoxy groups -OCH3 is 2. The third-order valence-electron chi connectivity index (χ3n) is 3.84. The van der Waals surface area contributed by atoms with Crippen LogP contribution in [0.5, 0.6) is 11.5 Å². The smallest absolute Gasteiger partial charge is 0.330 e. The van der Waals surface area contributed by atoms with Crippen molar-refractivity contribution in [2.45, 2.75) is 19.4 Å². The molecule has 6 nitrogen and oxygen atoms in total. The lowest BCUT2D eigenvalue weighted by atomic mass is 10.1. The molecule has 25 heavy (non-hydrogen) atoms. The molecule has 0 heterocycles. The Kier molecular flexibility index (Phi) is 6.00. The van der Waals surface area contributed by atoms with Crippen molar-refractivity contribution in [3.05, 3.63) is 59.2 Å². The molecule has 0 saturated heterocycles. The van der Waals surface area contributed by atoms with Gasteiger partial charge in [-0.15, -0.1) is 0 Å². The molecular weight excluding hydrogens is 322 g/mol. The Balaban J connectivity index is 2.11. The van der Waals surface area contributed by atoms with Crippen molar-refractivity contribution in [2.24, 2.45) is 0 Å². The SMILES string of the molecule is COc1ccc(C(NC(=O)Cc2ccc(C)c(OC)c2)C(=O)O)cc1. The fourth-order valence-corrected chi connectivity index (χ4v) is 2.46. The maximum Gasteiger partial charge on any atom is 0.330 e. The molecule has 0 saturated carbocycles. The number of hydrogen-bond acceptors (Lipinski definition) is 4. The van der Waals surface area contributed by atoms with E-state index in [9.17, 15) is 14.7 Å². The summed E-state index contributed by atoms with van der Waals surface area (Å²) in [6.07, 6.45) is 0.0660. The van der Waals surface area contributed by atoms with E-state index in [-0.39, 0.29) is 12.3 Å².